The minimum absolute atomic E-state index is 0.00244. The van der Waals surface area contributed by atoms with E-state index in [4.69, 9.17) is 0 Å². The molecule has 27 heavy (non-hydrogen) atoms. The van der Waals surface area contributed by atoms with E-state index in [0.717, 1.165) is 16.7 Å². The Kier molecular flexibility index (Phi) is 5.97. The van der Waals surface area contributed by atoms with E-state index < -0.39 is 10.0 Å². The Hall–Kier alpha value is -2.18. The van der Waals surface area contributed by atoms with Crippen LogP contribution in [0.2, 0.25) is 0 Å². The number of carbonyl (C=O) groups is 1. The predicted octanol–water partition coefficient (Wildman–Crippen LogP) is 3.02. The lowest BCUT2D eigenvalue weighted by atomic mass is 9.97. The fourth-order valence-corrected chi connectivity index (χ4v) is 5.19. The molecule has 3 rings (SSSR count). The first-order valence-corrected chi connectivity index (χ1v) is 10.7. The highest BCUT2D eigenvalue weighted by Crippen LogP contribution is 2.26. The van der Waals surface area contributed by atoms with Crippen LogP contribution in [0.25, 0.3) is 0 Å². The van der Waals surface area contributed by atoms with Crippen LogP contribution < -0.4 is 5.32 Å². The molecule has 2 aromatic carbocycles. The third-order valence-electron chi connectivity index (χ3n) is 5.10. The van der Waals surface area contributed by atoms with Gasteiger partial charge in [-0.15, -0.1) is 0 Å². The van der Waals surface area contributed by atoms with Gasteiger partial charge in [0.25, 0.3) is 0 Å². The molecule has 0 unspecified atom stereocenters. The summed E-state index contributed by atoms with van der Waals surface area (Å²) in [6.45, 7) is 4.96. The van der Waals surface area contributed by atoms with Gasteiger partial charge in [0.1, 0.15) is 0 Å². The lowest BCUT2D eigenvalue weighted by molar-refractivity contribution is -0.126. The molecule has 1 N–H and O–H groups in total. The molecule has 0 radical (unpaired) electrons. The van der Waals surface area contributed by atoms with E-state index >= 15 is 0 Å². The third-order valence-corrected chi connectivity index (χ3v) is 7.14. The maximum Gasteiger partial charge on any atom is 0.243 e. The lowest BCUT2D eigenvalue weighted by Gasteiger charge is -2.31. The number of hydrogen-bond donors (Lipinski definition) is 1. The van der Waals surface area contributed by atoms with E-state index in [9.17, 15) is 13.2 Å². The zero-order valence-electron chi connectivity index (χ0n) is 15.8. The number of benzene rings is 2. The summed E-state index contributed by atoms with van der Waals surface area (Å²) >= 11 is 0. The van der Waals surface area contributed by atoms with Gasteiger partial charge in [0.05, 0.1) is 4.90 Å². The second-order valence-electron chi connectivity index (χ2n) is 7.15. The summed E-state index contributed by atoms with van der Waals surface area (Å²) in [6, 6.07) is 15.2. The average molecular weight is 387 g/mol. The third kappa shape index (κ3) is 4.57. The molecule has 0 spiro atoms. The second kappa shape index (κ2) is 8.23. The van der Waals surface area contributed by atoms with Gasteiger partial charge in [-0.2, -0.15) is 4.31 Å². The molecule has 1 aliphatic rings. The van der Waals surface area contributed by atoms with Gasteiger partial charge in [-0.3, -0.25) is 4.79 Å². The largest absolute Gasteiger partial charge is 0.352 e. The Balaban J connectivity index is 1.59. The number of hydrogen-bond acceptors (Lipinski definition) is 3. The summed E-state index contributed by atoms with van der Waals surface area (Å²) in [5, 5.41) is 2.96. The van der Waals surface area contributed by atoms with Gasteiger partial charge < -0.3 is 5.32 Å². The first-order valence-electron chi connectivity index (χ1n) is 9.27. The fourth-order valence-electron chi connectivity index (χ4n) is 3.41. The van der Waals surface area contributed by atoms with E-state index in [1.165, 1.54) is 4.31 Å². The van der Waals surface area contributed by atoms with E-state index in [1.807, 2.05) is 56.3 Å². The Labute approximate surface area is 161 Å². The van der Waals surface area contributed by atoms with Crippen molar-refractivity contribution in [2.45, 2.75) is 38.1 Å². The maximum atomic E-state index is 13.0. The molecule has 1 saturated heterocycles. The molecule has 1 aliphatic heterocycles. The number of sulfonamides is 1. The highest BCUT2D eigenvalue weighted by molar-refractivity contribution is 7.89. The summed E-state index contributed by atoms with van der Waals surface area (Å²) in [6.07, 6.45) is 1.09. The van der Waals surface area contributed by atoms with Crippen LogP contribution >= 0.6 is 0 Å². The summed E-state index contributed by atoms with van der Waals surface area (Å²) < 4.78 is 27.5. The lowest BCUT2D eigenvalue weighted by Crippen LogP contribution is -2.43. The first-order chi connectivity index (χ1) is 12.9. The topological polar surface area (TPSA) is 66.5 Å². The zero-order chi connectivity index (χ0) is 19.4. The minimum Gasteiger partial charge on any atom is -0.352 e. The number of nitrogens with one attached hydrogen (secondary N) is 1. The van der Waals surface area contributed by atoms with Crippen molar-refractivity contribution in [2.75, 3.05) is 13.1 Å². The molecular formula is C21H26N2O3S. The van der Waals surface area contributed by atoms with Gasteiger partial charge in [-0.1, -0.05) is 42.5 Å². The standard InChI is InChI=1S/C21H26N2O3S/c1-16-8-9-17(2)20(14-16)27(25,26)23-12-10-19(11-13-23)21(24)22-15-18-6-4-3-5-7-18/h3-9,14,19H,10-13,15H2,1-2H3,(H,22,24). The highest BCUT2D eigenvalue weighted by Gasteiger charge is 2.32. The predicted molar refractivity (Wildman–Crippen MR) is 106 cm³/mol. The molecule has 0 atom stereocenters. The number of rotatable bonds is 5. The van der Waals surface area contributed by atoms with Gasteiger partial charge in [-0.25, -0.2) is 8.42 Å². The number of nitrogens with zero attached hydrogens (tertiary/aromatic N) is 1. The normalized spacial score (nSPS) is 16.2. The molecular weight excluding hydrogens is 360 g/mol. The molecule has 6 heteroatoms. The van der Waals surface area contributed by atoms with Gasteiger partial charge in [0.15, 0.2) is 0 Å². The number of amides is 1. The van der Waals surface area contributed by atoms with Crippen LogP contribution in [0.3, 0.4) is 0 Å². The summed E-state index contributed by atoms with van der Waals surface area (Å²) in [7, 11) is -3.52. The molecule has 1 amide bonds. The van der Waals surface area contributed by atoms with Crippen LogP contribution in [0.4, 0.5) is 0 Å². The molecule has 0 saturated carbocycles. The molecule has 5 nitrogen and oxygen atoms in total. The molecule has 2 aromatic rings. The van der Waals surface area contributed by atoms with Crippen LogP contribution in [0.5, 0.6) is 0 Å². The van der Waals surface area contributed by atoms with Crippen LogP contribution in [-0.2, 0) is 21.4 Å². The van der Waals surface area contributed by atoms with Crippen LogP contribution in [-0.4, -0.2) is 31.7 Å². The summed E-state index contributed by atoms with van der Waals surface area (Å²) in [4.78, 5) is 12.8. The van der Waals surface area contributed by atoms with Gasteiger partial charge in [0, 0.05) is 25.6 Å². The van der Waals surface area contributed by atoms with Crippen molar-refractivity contribution in [3.8, 4) is 0 Å². The number of carbonyl (C=O) groups excluding carboxylic acids is 1. The Morgan fingerprint density at radius 2 is 1.74 bits per heavy atom. The van der Waals surface area contributed by atoms with Crippen molar-refractivity contribution in [2.24, 2.45) is 5.92 Å². The molecule has 0 aromatic heterocycles. The highest BCUT2D eigenvalue weighted by atomic mass is 32.2. The quantitative estimate of drug-likeness (QED) is 0.859. The molecule has 1 heterocycles. The zero-order valence-corrected chi connectivity index (χ0v) is 16.6. The second-order valence-corrected chi connectivity index (χ2v) is 9.06. The SMILES string of the molecule is Cc1ccc(C)c(S(=O)(=O)N2CCC(C(=O)NCc3ccccc3)CC2)c1. The van der Waals surface area contributed by atoms with E-state index in [0.29, 0.717) is 37.4 Å². The van der Waals surface area contributed by atoms with E-state index in [2.05, 4.69) is 5.32 Å². The van der Waals surface area contributed by atoms with Gasteiger partial charge in [-0.05, 0) is 49.4 Å². The van der Waals surface area contributed by atoms with Crippen molar-refractivity contribution in [3.05, 3.63) is 65.2 Å². The van der Waals surface area contributed by atoms with E-state index in [1.54, 1.807) is 6.07 Å². The minimum atomic E-state index is -3.52. The van der Waals surface area contributed by atoms with Crippen molar-refractivity contribution in [3.63, 3.8) is 0 Å². The Bertz CT molecular complexity index is 902. The molecule has 0 aliphatic carbocycles. The van der Waals surface area contributed by atoms with Crippen LogP contribution in [0.15, 0.2) is 53.4 Å². The van der Waals surface area contributed by atoms with Crippen molar-refractivity contribution < 1.29 is 13.2 Å². The summed E-state index contributed by atoms with van der Waals surface area (Å²) in [5.74, 6) is -0.138. The molecule has 144 valence electrons. The van der Waals surface area contributed by atoms with Crippen molar-refractivity contribution in [1.82, 2.24) is 9.62 Å². The Morgan fingerprint density at radius 3 is 2.41 bits per heavy atom. The van der Waals surface area contributed by atoms with E-state index in [-0.39, 0.29) is 11.8 Å². The monoisotopic (exact) mass is 386 g/mol. The van der Waals surface area contributed by atoms with Crippen molar-refractivity contribution >= 4 is 15.9 Å². The number of aryl methyl sites for hydroxylation is 2. The first kappa shape index (κ1) is 19.6. The fraction of sp³-hybridized carbons (Fsp3) is 0.381. The van der Waals surface area contributed by atoms with Crippen LogP contribution in [0, 0.1) is 19.8 Å². The van der Waals surface area contributed by atoms with Gasteiger partial charge >= 0.3 is 0 Å². The maximum absolute atomic E-state index is 13.0. The van der Waals surface area contributed by atoms with Crippen LogP contribution in [0.1, 0.15) is 29.5 Å². The number of piperidine rings is 1. The summed E-state index contributed by atoms with van der Waals surface area (Å²) in [5.41, 5.74) is 2.73. The Morgan fingerprint density at radius 1 is 1.07 bits per heavy atom. The molecule has 0 bridgehead atoms. The van der Waals surface area contributed by atoms with Crippen molar-refractivity contribution in [1.29, 1.82) is 0 Å². The smallest absolute Gasteiger partial charge is 0.243 e. The van der Waals surface area contributed by atoms with Gasteiger partial charge in [0.2, 0.25) is 15.9 Å². The average Bonchev–Trinajstić information content (AvgIpc) is 2.68. The molecule has 1 fully saturated rings.